The molecule has 0 unspecified atom stereocenters. The molecule has 1 aliphatic rings. The third-order valence-corrected chi connectivity index (χ3v) is 6.39. The Morgan fingerprint density at radius 3 is 2.59 bits per heavy atom. The van der Waals surface area contributed by atoms with Gasteiger partial charge in [-0.25, -0.2) is 5.43 Å². The third kappa shape index (κ3) is 6.90. The quantitative estimate of drug-likeness (QED) is 0.190. The zero-order valence-electron chi connectivity index (χ0n) is 18.1. The normalized spacial score (nSPS) is 16.3. The van der Waals surface area contributed by atoms with E-state index in [-0.39, 0.29) is 39.9 Å². The average Bonchev–Trinajstić information content (AvgIpc) is 3.09. The number of thioether (sulfide) groups is 1. The van der Waals surface area contributed by atoms with Gasteiger partial charge < -0.3 is 4.74 Å². The number of amidine groups is 1. The molecule has 10 heteroatoms. The van der Waals surface area contributed by atoms with Gasteiger partial charge in [0.25, 0.3) is 11.8 Å². The van der Waals surface area contributed by atoms with Crippen LogP contribution in [0, 0.1) is 0 Å². The van der Waals surface area contributed by atoms with E-state index in [1.54, 1.807) is 12.2 Å². The van der Waals surface area contributed by atoms with Gasteiger partial charge in [-0.15, -0.1) is 11.7 Å². The molecule has 6 nitrogen and oxygen atoms in total. The van der Waals surface area contributed by atoms with Gasteiger partial charge in [0, 0.05) is 12.6 Å². The van der Waals surface area contributed by atoms with Crippen LogP contribution in [-0.4, -0.2) is 35.0 Å². The standard InChI is InChI=1S/C24H20Cl3N3O3S/c1-3-9-30-23(32)21(11-15(2)10-16-7-5-4-6-8-16)34-24(30)29-28-22(31)14-33-20-13-18(26)17(25)12-19(20)27/h3-8,10-13H,1,9,14H2,2H3,(H,28,31). The summed E-state index contributed by atoms with van der Waals surface area (Å²) < 4.78 is 5.40. The number of rotatable bonds is 8. The van der Waals surface area contributed by atoms with Crippen LogP contribution in [0.25, 0.3) is 6.08 Å². The molecule has 0 bridgehead atoms. The highest BCUT2D eigenvalue weighted by Gasteiger charge is 2.32. The van der Waals surface area contributed by atoms with Gasteiger partial charge in [-0.1, -0.05) is 77.3 Å². The van der Waals surface area contributed by atoms with Crippen LogP contribution in [0.5, 0.6) is 5.75 Å². The fourth-order valence-corrected chi connectivity index (χ4v) is 4.43. The summed E-state index contributed by atoms with van der Waals surface area (Å²) in [5.74, 6) is -0.556. The van der Waals surface area contributed by atoms with Crippen molar-refractivity contribution in [3.63, 3.8) is 0 Å². The first-order valence-electron chi connectivity index (χ1n) is 9.98. The molecule has 1 aliphatic heterocycles. The highest BCUT2D eigenvalue weighted by atomic mass is 35.5. The third-order valence-electron chi connectivity index (χ3n) is 4.36. The van der Waals surface area contributed by atoms with Crippen molar-refractivity contribution in [2.24, 2.45) is 5.10 Å². The number of hydrazone groups is 1. The highest BCUT2D eigenvalue weighted by Crippen LogP contribution is 2.34. The van der Waals surface area contributed by atoms with Gasteiger partial charge in [-0.2, -0.15) is 0 Å². The van der Waals surface area contributed by atoms with Crippen molar-refractivity contribution in [1.29, 1.82) is 0 Å². The van der Waals surface area contributed by atoms with Crippen molar-refractivity contribution in [2.75, 3.05) is 13.2 Å². The minimum Gasteiger partial charge on any atom is -0.482 e. The second kappa shape index (κ2) is 12.1. The summed E-state index contributed by atoms with van der Waals surface area (Å²) in [5.41, 5.74) is 4.32. The van der Waals surface area contributed by atoms with Crippen LogP contribution in [0.15, 0.2) is 76.8 Å². The number of nitrogens with zero attached hydrogens (tertiary/aromatic N) is 2. The Kier molecular flexibility index (Phi) is 9.24. The molecule has 0 spiro atoms. The van der Waals surface area contributed by atoms with Crippen molar-refractivity contribution >= 4 is 69.6 Å². The van der Waals surface area contributed by atoms with Crippen molar-refractivity contribution < 1.29 is 14.3 Å². The Hall–Kier alpha value is -2.71. The van der Waals surface area contributed by atoms with Crippen LogP contribution in [0.2, 0.25) is 15.1 Å². The van der Waals surface area contributed by atoms with Crippen molar-refractivity contribution in [1.82, 2.24) is 10.3 Å². The maximum atomic E-state index is 12.9. The monoisotopic (exact) mass is 535 g/mol. The summed E-state index contributed by atoms with van der Waals surface area (Å²) >= 11 is 19.0. The molecule has 2 aromatic carbocycles. The van der Waals surface area contributed by atoms with E-state index < -0.39 is 5.91 Å². The first-order valence-corrected chi connectivity index (χ1v) is 11.9. The van der Waals surface area contributed by atoms with Crippen LogP contribution >= 0.6 is 46.6 Å². The minimum atomic E-state index is -0.543. The molecule has 3 rings (SSSR count). The number of carbonyl (C=O) groups is 2. The maximum Gasteiger partial charge on any atom is 0.278 e. The molecule has 0 saturated carbocycles. The summed E-state index contributed by atoms with van der Waals surface area (Å²) in [7, 11) is 0. The number of hydrogen-bond acceptors (Lipinski definition) is 5. The summed E-state index contributed by atoms with van der Waals surface area (Å²) in [6.45, 7) is 5.48. The lowest BCUT2D eigenvalue weighted by Crippen LogP contribution is -2.32. The summed E-state index contributed by atoms with van der Waals surface area (Å²) in [6.07, 6.45) is 5.34. The van der Waals surface area contributed by atoms with Gasteiger partial charge in [0.05, 0.1) is 20.0 Å². The van der Waals surface area contributed by atoms with E-state index in [2.05, 4.69) is 17.1 Å². The molecular weight excluding hydrogens is 517 g/mol. The fraction of sp³-hybridized carbons (Fsp3) is 0.125. The van der Waals surface area contributed by atoms with E-state index in [9.17, 15) is 9.59 Å². The van der Waals surface area contributed by atoms with E-state index in [0.717, 1.165) is 22.9 Å². The van der Waals surface area contributed by atoms with E-state index in [1.165, 1.54) is 17.0 Å². The lowest BCUT2D eigenvalue weighted by molar-refractivity contribution is -0.124. The molecule has 2 amide bonds. The van der Waals surface area contributed by atoms with Gasteiger partial charge in [0.15, 0.2) is 11.8 Å². The molecule has 2 aromatic rings. The number of benzene rings is 2. The van der Waals surface area contributed by atoms with Gasteiger partial charge in [0.2, 0.25) is 0 Å². The Bertz CT molecular complexity index is 1200. The highest BCUT2D eigenvalue weighted by molar-refractivity contribution is 8.18. The van der Waals surface area contributed by atoms with Crippen molar-refractivity contribution in [3.05, 3.63) is 92.3 Å². The molecule has 1 saturated heterocycles. The van der Waals surface area contributed by atoms with Gasteiger partial charge >= 0.3 is 0 Å². The van der Waals surface area contributed by atoms with E-state index >= 15 is 0 Å². The molecule has 0 aromatic heterocycles. The van der Waals surface area contributed by atoms with Crippen LogP contribution in [0.1, 0.15) is 12.5 Å². The number of hydrogen-bond donors (Lipinski definition) is 1. The molecule has 176 valence electrons. The summed E-state index contributed by atoms with van der Waals surface area (Å²) in [4.78, 5) is 27.0. The molecule has 1 heterocycles. The number of allylic oxidation sites excluding steroid dienone is 2. The number of halogens is 3. The van der Waals surface area contributed by atoms with E-state index in [4.69, 9.17) is 39.5 Å². The summed E-state index contributed by atoms with van der Waals surface area (Å²) in [6, 6.07) is 12.6. The lowest BCUT2D eigenvalue weighted by Gasteiger charge is -2.12. The largest absolute Gasteiger partial charge is 0.482 e. The second-order valence-electron chi connectivity index (χ2n) is 7.03. The SMILES string of the molecule is C=CCN1C(=O)C(=CC(C)=Cc2ccccc2)SC1=NNC(=O)COc1cc(Cl)c(Cl)cc1Cl. The molecular formula is C24H20Cl3N3O3S. The predicted octanol–water partition coefficient (Wildman–Crippen LogP) is 6.16. The maximum absolute atomic E-state index is 12.9. The fourth-order valence-electron chi connectivity index (χ4n) is 2.84. The van der Waals surface area contributed by atoms with Crippen molar-refractivity contribution in [3.8, 4) is 5.75 Å². The molecule has 0 aliphatic carbocycles. The summed E-state index contributed by atoms with van der Waals surface area (Å²) in [5, 5.41) is 5.17. The van der Waals surface area contributed by atoms with Crippen molar-refractivity contribution in [2.45, 2.75) is 6.92 Å². The molecule has 1 N–H and O–H groups in total. The number of ether oxygens (including phenoxy) is 1. The number of nitrogens with one attached hydrogen (secondary N) is 1. The molecule has 34 heavy (non-hydrogen) atoms. The molecule has 0 radical (unpaired) electrons. The Balaban J connectivity index is 1.68. The Morgan fingerprint density at radius 1 is 1.18 bits per heavy atom. The van der Waals surface area contributed by atoms with Crippen LogP contribution in [-0.2, 0) is 9.59 Å². The Labute approximate surface area is 216 Å². The van der Waals surface area contributed by atoms with Crippen LogP contribution < -0.4 is 10.2 Å². The van der Waals surface area contributed by atoms with Gasteiger partial charge in [-0.3, -0.25) is 14.5 Å². The zero-order chi connectivity index (χ0) is 24.7. The first-order chi connectivity index (χ1) is 16.3. The lowest BCUT2D eigenvalue weighted by atomic mass is 10.1. The number of amides is 2. The molecule has 1 fully saturated rings. The molecule has 0 atom stereocenters. The average molecular weight is 537 g/mol. The van der Waals surface area contributed by atoms with E-state index in [1.807, 2.05) is 43.3 Å². The van der Waals surface area contributed by atoms with Crippen LogP contribution in [0.4, 0.5) is 0 Å². The van der Waals surface area contributed by atoms with Crippen LogP contribution in [0.3, 0.4) is 0 Å². The zero-order valence-corrected chi connectivity index (χ0v) is 21.1. The minimum absolute atomic E-state index is 0.212. The van der Waals surface area contributed by atoms with Gasteiger partial charge in [0.1, 0.15) is 5.75 Å². The second-order valence-corrected chi connectivity index (χ2v) is 9.26. The predicted molar refractivity (Wildman–Crippen MR) is 140 cm³/mol. The Morgan fingerprint density at radius 2 is 1.88 bits per heavy atom. The van der Waals surface area contributed by atoms with Gasteiger partial charge in [-0.05, 0) is 42.0 Å². The smallest absolute Gasteiger partial charge is 0.278 e. The van der Waals surface area contributed by atoms with E-state index in [0.29, 0.717) is 10.1 Å². The topological polar surface area (TPSA) is 71.0 Å². The first kappa shape index (κ1) is 25.9. The number of carbonyl (C=O) groups excluding carboxylic acids is 2.